The predicted octanol–water partition coefficient (Wildman–Crippen LogP) is 4.24. The van der Waals surface area contributed by atoms with Crippen molar-refractivity contribution in [3.8, 4) is 10.4 Å². The van der Waals surface area contributed by atoms with Gasteiger partial charge in [0.1, 0.15) is 4.21 Å². The van der Waals surface area contributed by atoms with E-state index in [1.165, 1.54) is 21.2 Å². The molecule has 1 N–H and O–H groups in total. The maximum Gasteiger partial charge on any atom is 0.252 e. The number of sulfonamides is 1. The number of thiophene rings is 1. The van der Waals surface area contributed by atoms with Gasteiger partial charge in [-0.25, -0.2) is 8.42 Å². The molecule has 168 valence electrons. The molecule has 0 spiro atoms. The van der Waals surface area contributed by atoms with Crippen LogP contribution in [0.5, 0.6) is 0 Å². The Morgan fingerprint density at radius 2 is 1.78 bits per heavy atom. The van der Waals surface area contributed by atoms with Crippen molar-refractivity contribution in [3.05, 3.63) is 77.4 Å². The third-order valence-corrected chi connectivity index (χ3v) is 8.98. The molecule has 1 aromatic heterocycles. The summed E-state index contributed by atoms with van der Waals surface area (Å²) in [6.07, 6.45) is 0. The van der Waals surface area contributed by atoms with E-state index in [9.17, 15) is 13.2 Å². The molecule has 8 heteroatoms. The van der Waals surface area contributed by atoms with Gasteiger partial charge in [-0.3, -0.25) is 4.79 Å². The number of nitrogens with one attached hydrogen (secondary N) is 1. The second-order valence-corrected chi connectivity index (χ2v) is 11.1. The van der Waals surface area contributed by atoms with Crippen LogP contribution in [0.15, 0.2) is 64.9 Å². The van der Waals surface area contributed by atoms with Crippen LogP contribution in [0, 0.1) is 6.92 Å². The normalized spacial score (nSPS) is 15.9. The van der Waals surface area contributed by atoms with Crippen LogP contribution in [0.25, 0.3) is 10.4 Å². The van der Waals surface area contributed by atoms with Crippen LogP contribution in [-0.4, -0.2) is 44.9 Å². The molecule has 0 unspecified atom stereocenters. The molecule has 2 aromatic carbocycles. The Balaban J connectivity index is 1.50. The second-order valence-electron chi connectivity index (χ2n) is 7.82. The molecule has 1 fully saturated rings. The van der Waals surface area contributed by atoms with E-state index in [1.807, 2.05) is 50.2 Å². The van der Waals surface area contributed by atoms with Gasteiger partial charge in [0.05, 0.1) is 19.3 Å². The van der Waals surface area contributed by atoms with E-state index >= 15 is 0 Å². The summed E-state index contributed by atoms with van der Waals surface area (Å²) in [6.45, 7) is 5.54. The number of carbonyl (C=O) groups excluding carboxylic acids is 1. The average molecular weight is 471 g/mol. The van der Waals surface area contributed by atoms with Gasteiger partial charge in [-0.15, -0.1) is 11.3 Å². The van der Waals surface area contributed by atoms with Crippen molar-refractivity contribution < 1.29 is 17.9 Å². The van der Waals surface area contributed by atoms with Gasteiger partial charge in [-0.05, 0) is 49.2 Å². The Labute approximate surface area is 192 Å². The summed E-state index contributed by atoms with van der Waals surface area (Å²) < 4.78 is 32.8. The zero-order valence-corrected chi connectivity index (χ0v) is 19.7. The summed E-state index contributed by atoms with van der Waals surface area (Å²) in [7, 11) is -3.53. The lowest BCUT2D eigenvalue weighted by atomic mass is 10.1. The SMILES string of the molecule is Cc1ccc([C@@H](C)NC(=O)c2cccc(-c3ccc(S(=O)(=O)N4CCOCC4)s3)c2)cc1. The second kappa shape index (κ2) is 9.54. The van der Waals surface area contributed by atoms with Crippen LogP contribution < -0.4 is 5.32 Å². The number of aryl methyl sites for hydroxylation is 1. The zero-order valence-electron chi connectivity index (χ0n) is 18.1. The fraction of sp³-hybridized carbons (Fsp3) is 0.292. The van der Waals surface area contributed by atoms with Gasteiger partial charge in [0, 0.05) is 23.5 Å². The molecule has 1 saturated heterocycles. The van der Waals surface area contributed by atoms with E-state index in [0.29, 0.717) is 36.1 Å². The molecule has 1 amide bonds. The van der Waals surface area contributed by atoms with Gasteiger partial charge in [0.25, 0.3) is 15.9 Å². The van der Waals surface area contributed by atoms with Gasteiger partial charge in [0.2, 0.25) is 0 Å². The first-order valence-corrected chi connectivity index (χ1v) is 12.8. The van der Waals surface area contributed by atoms with Crippen LogP contribution >= 0.6 is 11.3 Å². The molecule has 1 atom stereocenters. The molecule has 6 nitrogen and oxygen atoms in total. The summed E-state index contributed by atoms with van der Waals surface area (Å²) in [5.41, 5.74) is 3.56. The lowest BCUT2D eigenvalue weighted by molar-refractivity contribution is 0.0731. The third-order valence-electron chi connectivity index (χ3n) is 5.48. The van der Waals surface area contributed by atoms with Crippen LogP contribution in [0.1, 0.15) is 34.5 Å². The van der Waals surface area contributed by atoms with Crippen LogP contribution in [0.3, 0.4) is 0 Å². The van der Waals surface area contributed by atoms with Crippen LogP contribution in [-0.2, 0) is 14.8 Å². The number of amides is 1. The molecular formula is C24H26N2O4S2. The Bertz CT molecular complexity index is 1200. The zero-order chi connectivity index (χ0) is 22.7. The highest BCUT2D eigenvalue weighted by atomic mass is 32.2. The predicted molar refractivity (Wildman–Crippen MR) is 126 cm³/mol. The summed E-state index contributed by atoms with van der Waals surface area (Å²) in [6, 6.07) is 18.6. The van der Waals surface area contributed by atoms with Crippen LogP contribution in [0.4, 0.5) is 0 Å². The number of carbonyl (C=O) groups is 1. The quantitative estimate of drug-likeness (QED) is 0.585. The maximum absolute atomic E-state index is 12.9. The van der Waals surface area contributed by atoms with E-state index < -0.39 is 10.0 Å². The van der Waals surface area contributed by atoms with Crippen molar-refractivity contribution in [1.29, 1.82) is 0 Å². The lowest BCUT2D eigenvalue weighted by Crippen LogP contribution is -2.40. The summed E-state index contributed by atoms with van der Waals surface area (Å²) in [5.74, 6) is -0.169. The highest BCUT2D eigenvalue weighted by Gasteiger charge is 2.28. The van der Waals surface area contributed by atoms with E-state index in [4.69, 9.17) is 4.74 Å². The topological polar surface area (TPSA) is 75.7 Å². The smallest absolute Gasteiger partial charge is 0.252 e. The summed E-state index contributed by atoms with van der Waals surface area (Å²) in [4.78, 5) is 13.6. The Kier molecular flexibility index (Phi) is 6.76. The third kappa shape index (κ3) is 4.94. The monoisotopic (exact) mass is 470 g/mol. The molecule has 2 heterocycles. The molecule has 0 radical (unpaired) electrons. The molecule has 0 bridgehead atoms. The summed E-state index contributed by atoms with van der Waals surface area (Å²) >= 11 is 1.22. The van der Waals surface area contributed by atoms with Gasteiger partial charge < -0.3 is 10.1 Å². The Morgan fingerprint density at radius 1 is 1.06 bits per heavy atom. The summed E-state index contributed by atoms with van der Waals surface area (Å²) in [5, 5.41) is 3.03. The highest BCUT2D eigenvalue weighted by Crippen LogP contribution is 2.33. The van der Waals surface area contributed by atoms with Crippen molar-refractivity contribution in [3.63, 3.8) is 0 Å². The van der Waals surface area contributed by atoms with Crippen molar-refractivity contribution >= 4 is 27.3 Å². The van der Waals surface area contributed by atoms with Crippen molar-refractivity contribution in [2.75, 3.05) is 26.3 Å². The fourth-order valence-electron chi connectivity index (χ4n) is 3.56. The van der Waals surface area contributed by atoms with Gasteiger partial charge in [0.15, 0.2) is 0 Å². The van der Waals surface area contributed by atoms with E-state index in [-0.39, 0.29) is 11.9 Å². The molecule has 4 rings (SSSR count). The van der Waals surface area contributed by atoms with Crippen molar-refractivity contribution in [1.82, 2.24) is 9.62 Å². The first kappa shape index (κ1) is 22.7. The Morgan fingerprint density at radius 3 is 2.50 bits per heavy atom. The Hall–Kier alpha value is -2.52. The minimum Gasteiger partial charge on any atom is -0.379 e. The number of rotatable bonds is 6. The molecule has 1 aliphatic rings. The number of benzene rings is 2. The van der Waals surface area contributed by atoms with E-state index in [1.54, 1.807) is 24.3 Å². The number of ether oxygens (including phenoxy) is 1. The van der Waals surface area contributed by atoms with E-state index in [2.05, 4.69) is 5.32 Å². The molecule has 0 aliphatic carbocycles. The molecular weight excluding hydrogens is 444 g/mol. The minimum absolute atomic E-state index is 0.126. The average Bonchev–Trinajstić information content (AvgIpc) is 3.31. The lowest BCUT2D eigenvalue weighted by Gasteiger charge is -2.25. The molecule has 32 heavy (non-hydrogen) atoms. The van der Waals surface area contributed by atoms with Crippen molar-refractivity contribution in [2.24, 2.45) is 0 Å². The maximum atomic E-state index is 12.9. The number of hydrogen-bond donors (Lipinski definition) is 1. The van der Waals surface area contributed by atoms with Crippen molar-refractivity contribution in [2.45, 2.75) is 24.1 Å². The molecule has 1 aliphatic heterocycles. The molecule has 3 aromatic rings. The number of nitrogens with zero attached hydrogens (tertiary/aromatic N) is 1. The van der Waals surface area contributed by atoms with Gasteiger partial charge in [-0.1, -0.05) is 42.0 Å². The fourth-order valence-corrected chi connectivity index (χ4v) is 6.43. The van der Waals surface area contributed by atoms with E-state index in [0.717, 1.165) is 16.0 Å². The largest absolute Gasteiger partial charge is 0.379 e. The first-order chi connectivity index (χ1) is 15.3. The highest BCUT2D eigenvalue weighted by molar-refractivity contribution is 7.91. The first-order valence-electron chi connectivity index (χ1n) is 10.5. The minimum atomic E-state index is -3.53. The molecule has 0 saturated carbocycles. The van der Waals surface area contributed by atoms with Gasteiger partial charge in [-0.2, -0.15) is 4.31 Å². The number of hydrogen-bond acceptors (Lipinski definition) is 5. The van der Waals surface area contributed by atoms with Gasteiger partial charge >= 0.3 is 0 Å². The standard InChI is InChI=1S/C24H26N2O4S2/c1-17-6-8-19(9-7-17)18(2)25-24(27)21-5-3-4-20(16-21)22-10-11-23(31-22)32(28,29)26-12-14-30-15-13-26/h3-11,16,18H,12-15H2,1-2H3,(H,25,27)/t18-/m1/s1. The number of morpholine rings is 1. The van der Waals surface area contributed by atoms with Crippen LogP contribution in [0.2, 0.25) is 0 Å².